The third-order valence-corrected chi connectivity index (χ3v) is 5.75. The Bertz CT molecular complexity index is 1140. The average Bonchev–Trinajstić information content (AvgIpc) is 3.41. The maximum Gasteiger partial charge on any atom is 0.450 e. The van der Waals surface area contributed by atoms with Crippen LogP contribution >= 0.6 is 11.5 Å². The summed E-state index contributed by atoms with van der Waals surface area (Å²) in [5.74, 6) is -2.72. The lowest BCUT2D eigenvalue weighted by atomic mass is 10.1. The second-order valence-electron chi connectivity index (χ2n) is 7.56. The van der Waals surface area contributed by atoms with Crippen LogP contribution in [0.2, 0.25) is 0 Å². The van der Waals surface area contributed by atoms with E-state index >= 15 is 0 Å². The van der Waals surface area contributed by atoms with Crippen molar-refractivity contribution in [3.05, 3.63) is 47.5 Å². The van der Waals surface area contributed by atoms with E-state index in [1.165, 1.54) is 24.6 Å². The summed E-state index contributed by atoms with van der Waals surface area (Å²) in [6.45, 7) is -0.785. The van der Waals surface area contributed by atoms with Gasteiger partial charge in [0.1, 0.15) is 11.5 Å². The fourth-order valence-electron chi connectivity index (χ4n) is 3.59. The summed E-state index contributed by atoms with van der Waals surface area (Å²) in [5, 5.41) is 2.39. The number of likely N-dealkylation sites (tertiary alicyclic amines) is 1. The zero-order valence-corrected chi connectivity index (χ0v) is 18.4. The number of furan rings is 1. The first-order valence-electron chi connectivity index (χ1n) is 10.3. The highest BCUT2D eigenvalue weighted by Crippen LogP contribution is 2.38. The van der Waals surface area contributed by atoms with Gasteiger partial charge in [0, 0.05) is 17.1 Å². The molecule has 182 valence electrons. The molecule has 1 aliphatic heterocycles. The summed E-state index contributed by atoms with van der Waals surface area (Å²) < 4.78 is 79.0. The Morgan fingerprint density at radius 2 is 1.97 bits per heavy atom. The van der Waals surface area contributed by atoms with E-state index in [-0.39, 0.29) is 22.2 Å². The molecule has 3 aromatic rings. The van der Waals surface area contributed by atoms with Crippen molar-refractivity contribution in [2.24, 2.45) is 0 Å². The van der Waals surface area contributed by atoms with Gasteiger partial charge >= 0.3 is 12.8 Å². The predicted octanol–water partition coefficient (Wildman–Crippen LogP) is 5.66. The molecule has 1 saturated heterocycles. The summed E-state index contributed by atoms with van der Waals surface area (Å²) in [6.07, 6.45) is -1.65. The number of carbonyl (C=O) groups is 1. The molecule has 1 aliphatic rings. The molecular formula is C21H19F5N4O3S. The van der Waals surface area contributed by atoms with Crippen molar-refractivity contribution in [3.63, 3.8) is 0 Å². The molecule has 0 spiro atoms. The maximum atomic E-state index is 13.6. The number of hydrogen-bond donors (Lipinski definition) is 1. The topological polar surface area (TPSA) is 80.5 Å². The third-order valence-electron chi connectivity index (χ3n) is 5.08. The Balaban J connectivity index is 1.54. The number of carbonyl (C=O) groups excluding carboxylic acids is 1. The van der Waals surface area contributed by atoms with Crippen molar-refractivity contribution in [3.8, 4) is 17.1 Å². The zero-order chi connectivity index (χ0) is 24.3. The van der Waals surface area contributed by atoms with E-state index in [0.29, 0.717) is 12.4 Å². The number of rotatable bonds is 7. The SMILES string of the molecule is O=C(Nc1nc(CN2CCCCC2)ns1)c1cc(-c2cccc(OC(F)F)c2)oc1C(F)(F)F. The number of halogens is 5. The van der Waals surface area contributed by atoms with E-state index in [9.17, 15) is 26.7 Å². The molecule has 0 aliphatic carbocycles. The van der Waals surface area contributed by atoms with Crippen molar-refractivity contribution in [2.75, 3.05) is 18.4 Å². The van der Waals surface area contributed by atoms with Gasteiger partial charge in [0.15, 0.2) is 5.82 Å². The molecule has 7 nitrogen and oxygen atoms in total. The third kappa shape index (κ3) is 5.89. The maximum absolute atomic E-state index is 13.6. The van der Waals surface area contributed by atoms with Gasteiger partial charge in [0.25, 0.3) is 5.91 Å². The van der Waals surface area contributed by atoms with Crippen LogP contribution in [-0.4, -0.2) is 39.9 Å². The summed E-state index contributed by atoms with van der Waals surface area (Å²) in [7, 11) is 0. The molecular weight excluding hydrogens is 483 g/mol. The van der Waals surface area contributed by atoms with Gasteiger partial charge in [-0.2, -0.15) is 26.3 Å². The van der Waals surface area contributed by atoms with Crippen LogP contribution in [0.5, 0.6) is 5.75 Å². The number of hydrogen-bond acceptors (Lipinski definition) is 7. The van der Waals surface area contributed by atoms with E-state index in [2.05, 4.69) is 24.3 Å². The number of piperidine rings is 1. The second kappa shape index (κ2) is 10.1. The fourth-order valence-corrected chi connectivity index (χ4v) is 4.16. The normalized spacial score (nSPS) is 15.0. The number of alkyl halides is 5. The van der Waals surface area contributed by atoms with Gasteiger partial charge in [-0.1, -0.05) is 18.6 Å². The van der Waals surface area contributed by atoms with E-state index in [1.807, 2.05) is 0 Å². The Hall–Kier alpha value is -3.06. The molecule has 0 atom stereocenters. The summed E-state index contributed by atoms with van der Waals surface area (Å²) in [4.78, 5) is 19.0. The first-order valence-corrected chi connectivity index (χ1v) is 11.1. The van der Waals surface area contributed by atoms with Crippen LogP contribution in [0.25, 0.3) is 11.3 Å². The Labute approximate surface area is 194 Å². The molecule has 1 amide bonds. The number of amides is 1. The number of benzene rings is 1. The molecule has 1 N–H and O–H groups in total. The Morgan fingerprint density at radius 3 is 2.68 bits per heavy atom. The molecule has 34 heavy (non-hydrogen) atoms. The minimum Gasteiger partial charge on any atom is -0.451 e. The second-order valence-corrected chi connectivity index (χ2v) is 8.32. The van der Waals surface area contributed by atoms with Gasteiger partial charge in [-0.25, -0.2) is 4.98 Å². The lowest BCUT2D eigenvalue weighted by Gasteiger charge is -2.24. The van der Waals surface area contributed by atoms with E-state index in [4.69, 9.17) is 4.42 Å². The van der Waals surface area contributed by atoms with Crippen LogP contribution in [0, 0.1) is 0 Å². The number of ether oxygens (including phenoxy) is 1. The van der Waals surface area contributed by atoms with Crippen molar-refractivity contribution in [2.45, 2.75) is 38.6 Å². The molecule has 0 saturated carbocycles. The molecule has 0 bridgehead atoms. The van der Waals surface area contributed by atoms with Gasteiger partial charge in [-0.3, -0.25) is 15.0 Å². The molecule has 2 aromatic heterocycles. The molecule has 1 fully saturated rings. The minimum absolute atomic E-state index is 0.0300. The minimum atomic E-state index is -4.97. The summed E-state index contributed by atoms with van der Waals surface area (Å²) in [5.41, 5.74) is -0.738. The number of nitrogens with zero attached hydrogens (tertiary/aromatic N) is 3. The van der Waals surface area contributed by atoms with E-state index in [1.54, 1.807) is 0 Å². The van der Waals surface area contributed by atoms with Gasteiger partial charge in [0.05, 0.1) is 12.1 Å². The molecule has 0 unspecified atom stereocenters. The summed E-state index contributed by atoms with van der Waals surface area (Å²) in [6, 6.07) is 5.86. The average molecular weight is 502 g/mol. The van der Waals surface area contributed by atoms with Crippen LogP contribution < -0.4 is 10.1 Å². The first-order chi connectivity index (χ1) is 16.2. The van der Waals surface area contributed by atoms with Crippen LogP contribution in [0.15, 0.2) is 34.7 Å². The molecule has 13 heteroatoms. The van der Waals surface area contributed by atoms with Gasteiger partial charge in [0.2, 0.25) is 10.9 Å². The van der Waals surface area contributed by atoms with Gasteiger partial charge in [-0.05, 0) is 44.1 Å². The molecule has 1 aromatic carbocycles. The highest BCUT2D eigenvalue weighted by atomic mass is 32.1. The predicted molar refractivity (Wildman–Crippen MR) is 113 cm³/mol. The highest BCUT2D eigenvalue weighted by molar-refractivity contribution is 7.09. The quantitative estimate of drug-likeness (QED) is 0.420. The van der Waals surface area contributed by atoms with Crippen molar-refractivity contribution < 1.29 is 35.9 Å². The van der Waals surface area contributed by atoms with E-state index < -0.39 is 30.0 Å². The van der Waals surface area contributed by atoms with Gasteiger partial charge < -0.3 is 9.15 Å². The number of nitrogens with one attached hydrogen (secondary N) is 1. The molecule has 0 radical (unpaired) electrons. The van der Waals surface area contributed by atoms with Crippen molar-refractivity contribution in [1.29, 1.82) is 0 Å². The van der Waals surface area contributed by atoms with Crippen molar-refractivity contribution >= 4 is 22.6 Å². The number of anilines is 1. The standard InChI is InChI=1S/C21H19F5N4O3S/c22-19(23)32-13-6-4-5-12(9-13)15-10-14(17(33-15)21(24,25)26)18(31)28-20-27-16(29-34-20)11-30-7-2-1-3-8-30/h4-6,9-10,19H,1-3,7-8,11H2,(H,27,28,29,31). The van der Waals surface area contributed by atoms with Crippen LogP contribution in [-0.2, 0) is 12.7 Å². The molecule has 4 rings (SSSR count). The fraction of sp³-hybridized carbons (Fsp3) is 0.381. The summed E-state index contributed by atoms with van der Waals surface area (Å²) >= 11 is 0.866. The lowest BCUT2D eigenvalue weighted by Crippen LogP contribution is -2.29. The van der Waals surface area contributed by atoms with Crippen LogP contribution in [0.4, 0.5) is 27.1 Å². The van der Waals surface area contributed by atoms with Crippen LogP contribution in [0.1, 0.15) is 41.2 Å². The largest absolute Gasteiger partial charge is 0.451 e. The smallest absolute Gasteiger partial charge is 0.450 e. The van der Waals surface area contributed by atoms with Gasteiger partial charge in [-0.15, -0.1) is 0 Å². The number of aromatic nitrogens is 2. The van der Waals surface area contributed by atoms with E-state index in [0.717, 1.165) is 49.6 Å². The van der Waals surface area contributed by atoms with Crippen LogP contribution in [0.3, 0.4) is 0 Å². The lowest BCUT2D eigenvalue weighted by molar-refractivity contribution is -0.153. The zero-order valence-electron chi connectivity index (χ0n) is 17.6. The monoisotopic (exact) mass is 502 g/mol. The molecule has 3 heterocycles. The first kappa shape index (κ1) is 24.1. The van der Waals surface area contributed by atoms with Crippen molar-refractivity contribution in [1.82, 2.24) is 14.3 Å². The highest BCUT2D eigenvalue weighted by Gasteiger charge is 2.40. The Kier molecular flexibility index (Phi) is 7.12. The Morgan fingerprint density at radius 1 is 1.21 bits per heavy atom.